The number of alkyl halides is 9. The molecule has 3 N–H and O–H groups in total. The molecule has 1 aliphatic heterocycles. The number of carbonyl (C=O) groups is 1. The Morgan fingerprint density at radius 2 is 1.61 bits per heavy atom. The summed E-state index contributed by atoms with van der Waals surface area (Å²) in [5.74, 6) is -0.364. The lowest BCUT2D eigenvalue weighted by Gasteiger charge is -2.39. The van der Waals surface area contributed by atoms with Crippen LogP contribution in [-0.2, 0) is 24.9 Å². The van der Waals surface area contributed by atoms with Crippen molar-refractivity contribution in [2.45, 2.75) is 63.2 Å². The molecule has 0 saturated heterocycles. The van der Waals surface area contributed by atoms with Crippen LogP contribution >= 0.6 is 0 Å². The zero-order valence-electron chi connectivity index (χ0n) is 23.9. The molecular weight excluding hydrogens is 639 g/mol. The molecule has 2 heterocycles. The molecule has 4 rings (SSSR count). The lowest BCUT2D eigenvalue weighted by atomic mass is 9.89. The highest BCUT2D eigenvalue weighted by Gasteiger charge is 2.39. The minimum Gasteiger partial charge on any atom is -0.490 e. The Kier molecular flexibility index (Phi) is 9.94. The number of fused-ring (bicyclic) bond motifs is 1. The second-order valence-electron chi connectivity index (χ2n) is 10.4. The molecule has 0 spiro atoms. The standard InChI is InChI=1S/C29H27F9N4O4/c1-2-19-13-21(20-12-16(27(30,31)32)4-5-23(20)42(19)26(44)45)40-25-39-14-24(46-7-3-6-43)22(41-25)10-15-8-17(28(33,34)35)11-18(9-15)29(36,37)38/h4-5,8-9,11-12,14,19,21,43H,2-3,6-7,10,13H2,1H3,(H,44,45)(H,39,40,41)/t19-,21+/m1/s1. The third-order valence-corrected chi connectivity index (χ3v) is 7.25. The summed E-state index contributed by atoms with van der Waals surface area (Å²) in [5.41, 5.74) is -4.74. The fourth-order valence-electron chi connectivity index (χ4n) is 5.12. The SMILES string of the molecule is CC[C@@H]1C[C@H](Nc2ncc(OCCCO)c(Cc3cc(C(F)(F)F)cc(C(F)(F)F)c3)n2)c2cc(C(F)(F)F)ccc2N1C(=O)O. The van der Waals surface area contributed by atoms with Crippen LogP contribution in [-0.4, -0.2) is 45.5 Å². The number of benzene rings is 2. The van der Waals surface area contributed by atoms with Gasteiger partial charge in [-0.25, -0.2) is 14.8 Å². The van der Waals surface area contributed by atoms with Crippen LogP contribution in [0.1, 0.15) is 65.7 Å². The molecule has 0 bridgehead atoms. The van der Waals surface area contributed by atoms with Crippen LogP contribution in [0.3, 0.4) is 0 Å². The number of aliphatic hydroxyl groups is 1. The fourth-order valence-corrected chi connectivity index (χ4v) is 5.12. The largest absolute Gasteiger partial charge is 0.490 e. The van der Waals surface area contributed by atoms with E-state index in [1.165, 1.54) is 0 Å². The summed E-state index contributed by atoms with van der Waals surface area (Å²) >= 11 is 0. The Morgan fingerprint density at radius 3 is 2.15 bits per heavy atom. The van der Waals surface area contributed by atoms with Crippen LogP contribution in [0, 0.1) is 0 Å². The molecule has 0 radical (unpaired) electrons. The van der Waals surface area contributed by atoms with Gasteiger partial charge in [0, 0.05) is 25.5 Å². The number of amides is 1. The van der Waals surface area contributed by atoms with E-state index in [1.807, 2.05) is 0 Å². The first-order chi connectivity index (χ1) is 21.4. The second-order valence-corrected chi connectivity index (χ2v) is 10.4. The van der Waals surface area contributed by atoms with Gasteiger partial charge in [-0.15, -0.1) is 0 Å². The number of rotatable bonds is 9. The molecule has 1 amide bonds. The van der Waals surface area contributed by atoms with Gasteiger partial charge in [0.05, 0.1) is 46.9 Å². The number of ether oxygens (including phenoxy) is 1. The Balaban J connectivity index is 1.78. The third-order valence-electron chi connectivity index (χ3n) is 7.25. The summed E-state index contributed by atoms with van der Waals surface area (Å²) in [5, 5.41) is 21.8. The fraction of sp³-hybridized carbons (Fsp3) is 0.414. The van der Waals surface area contributed by atoms with Gasteiger partial charge in [0.2, 0.25) is 5.95 Å². The summed E-state index contributed by atoms with van der Waals surface area (Å²) in [6.45, 7) is 1.30. The van der Waals surface area contributed by atoms with E-state index in [9.17, 15) is 49.4 Å². The van der Waals surface area contributed by atoms with Crippen molar-refractivity contribution >= 4 is 17.7 Å². The molecule has 3 aromatic rings. The summed E-state index contributed by atoms with van der Waals surface area (Å²) in [7, 11) is 0. The van der Waals surface area contributed by atoms with Gasteiger partial charge in [0.1, 0.15) is 0 Å². The minimum atomic E-state index is -5.10. The number of anilines is 2. The lowest BCUT2D eigenvalue weighted by Crippen LogP contribution is -2.45. The van der Waals surface area contributed by atoms with E-state index in [4.69, 9.17) is 9.84 Å². The van der Waals surface area contributed by atoms with E-state index in [0.29, 0.717) is 12.1 Å². The zero-order valence-corrected chi connectivity index (χ0v) is 23.9. The normalized spacial score (nSPS) is 17.1. The Bertz CT molecular complexity index is 1530. The molecule has 17 heteroatoms. The minimum absolute atomic E-state index is 0.0103. The van der Waals surface area contributed by atoms with Crippen molar-refractivity contribution in [1.29, 1.82) is 0 Å². The molecule has 0 unspecified atom stereocenters. The van der Waals surface area contributed by atoms with Gasteiger partial charge in [-0.2, -0.15) is 39.5 Å². The quantitative estimate of drug-likeness (QED) is 0.159. The first-order valence-corrected chi connectivity index (χ1v) is 13.8. The van der Waals surface area contributed by atoms with Crippen LogP contribution in [0.25, 0.3) is 0 Å². The molecule has 0 aliphatic carbocycles. The average molecular weight is 667 g/mol. The highest BCUT2D eigenvalue weighted by molar-refractivity contribution is 5.89. The van der Waals surface area contributed by atoms with Crippen molar-refractivity contribution in [1.82, 2.24) is 9.97 Å². The van der Waals surface area contributed by atoms with Crippen LogP contribution in [0.5, 0.6) is 5.75 Å². The number of halogens is 9. The Labute approximate surface area is 255 Å². The zero-order chi connectivity index (χ0) is 34.0. The maximum atomic E-state index is 13.6. The maximum Gasteiger partial charge on any atom is 0.416 e. The Morgan fingerprint density at radius 1 is 0.978 bits per heavy atom. The number of hydrogen-bond acceptors (Lipinski definition) is 6. The van der Waals surface area contributed by atoms with Crippen LogP contribution < -0.4 is 15.0 Å². The third kappa shape index (κ3) is 7.92. The van der Waals surface area contributed by atoms with Crippen molar-refractivity contribution in [3.8, 4) is 5.75 Å². The smallest absolute Gasteiger partial charge is 0.416 e. The molecule has 1 aliphatic rings. The first-order valence-electron chi connectivity index (χ1n) is 13.8. The highest BCUT2D eigenvalue weighted by Crippen LogP contribution is 2.43. The predicted octanol–water partition coefficient (Wildman–Crippen LogP) is 7.70. The van der Waals surface area contributed by atoms with E-state index < -0.39 is 65.4 Å². The average Bonchev–Trinajstić information content (AvgIpc) is 2.96. The van der Waals surface area contributed by atoms with Crippen LogP contribution in [0.2, 0.25) is 0 Å². The molecule has 46 heavy (non-hydrogen) atoms. The summed E-state index contributed by atoms with van der Waals surface area (Å²) in [4.78, 5) is 21.4. The molecule has 0 saturated carbocycles. The van der Waals surface area contributed by atoms with E-state index >= 15 is 0 Å². The molecule has 2 aromatic carbocycles. The van der Waals surface area contributed by atoms with Crippen LogP contribution in [0.4, 0.5) is 55.9 Å². The number of aliphatic hydroxyl groups excluding tert-OH is 1. The van der Waals surface area contributed by atoms with Gasteiger partial charge in [-0.3, -0.25) is 4.90 Å². The van der Waals surface area contributed by atoms with E-state index in [0.717, 1.165) is 29.3 Å². The van der Waals surface area contributed by atoms with Gasteiger partial charge in [-0.05, 0) is 60.4 Å². The molecule has 1 aromatic heterocycles. The molecule has 8 nitrogen and oxygen atoms in total. The first kappa shape index (κ1) is 34.6. The van der Waals surface area contributed by atoms with Crippen molar-refractivity contribution in [2.75, 3.05) is 23.4 Å². The van der Waals surface area contributed by atoms with Crippen molar-refractivity contribution in [3.63, 3.8) is 0 Å². The maximum absolute atomic E-state index is 13.6. The van der Waals surface area contributed by atoms with Gasteiger partial charge in [-0.1, -0.05) is 6.92 Å². The molecule has 2 atom stereocenters. The second kappa shape index (κ2) is 13.2. The topological polar surface area (TPSA) is 108 Å². The van der Waals surface area contributed by atoms with Gasteiger partial charge >= 0.3 is 24.6 Å². The van der Waals surface area contributed by atoms with Crippen molar-refractivity contribution in [2.24, 2.45) is 0 Å². The van der Waals surface area contributed by atoms with E-state index in [-0.39, 0.29) is 67.2 Å². The number of nitrogens with one attached hydrogen (secondary N) is 1. The number of hydrogen-bond donors (Lipinski definition) is 3. The van der Waals surface area contributed by atoms with Gasteiger partial charge < -0.3 is 20.3 Å². The predicted molar refractivity (Wildman–Crippen MR) is 145 cm³/mol. The summed E-state index contributed by atoms with van der Waals surface area (Å²) in [6, 6.07) is 1.98. The molecule has 0 fully saturated rings. The Hall–Kier alpha value is -4.28. The summed E-state index contributed by atoms with van der Waals surface area (Å²) in [6.07, 6.45) is -15.4. The van der Waals surface area contributed by atoms with E-state index in [2.05, 4.69) is 15.3 Å². The molecule has 250 valence electrons. The van der Waals surface area contributed by atoms with Gasteiger partial charge in [0.25, 0.3) is 0 Å². The van der Waals surface area contributed by atoms with Crippen molar-refractivity contribution < 1.29 is 59.3 Å². The van der Waals surface area contributed by atoms with Crippen molar-refractivity contribution in [3.05, 3.63) is 76.1 Å². The lowest BCUT2D eigenvalue weighted by molar-refractivity contribution is -0.143. The molecular formula is C29H27F9N4O4. The number of carboxylic acid groups (broad SMARTS) is 1. The monoisotopic (exact) mass is 666 g/mol. The summed E-state index contributed by atoms with van der Waals surface area (Å²) < 4.78 is 127. The highest BCUT2D eigenvalue weighted by atomic mass is 19.4. The van der Waals surface area contributed by atoms with Crippen LogP contribution in [0.15, 0.2) is 42.6 Å². The van der Waals surface area contributed by atoms with E-state index in [1.54, 1.807) is 6.92 Å². The number of aromatic nitrogens is 2. The number of nitrogens with zero attached hydrogens (tertiary/aromatic N) is 3. The van der Waals surface area contributed by atoms with Gasteiger partial charge in [0.15, 0.2) is 5.75 Å².